The maximum absolute atomic E-state index is 13.3. The zero-order chi connectivity index (χ0) is 29.5. The number of anilines is 1. The third-order valence-electron chi connectivity index (χ3n) is 7.37. The van der Waals surface area contributed by atoms with E-state index >= 15 is 0 Å². The van der Waals surface area contributed by atoms with Gasteiger partial charge < -0.3 is 4.74 Å². The number of halogens is 1. The number of ether oxygens (including phenoxy) is 1. The summed E-state index contributed by atoms with van der Waals surface area (Å²) >= 11 is 6.23. The van der Waals surface area contributed by atoms with E-state index in [1.165, 1.54) is 0 Å². The third-order valence-corrected chi connectivity index (χ3v) is 7.60. The highest BCUT2D eigenvalue weighted by atomic mass is 35.5. The number of nitrogens with zero attached hydrogens (tertiary/aromatic N) is 2. The molecule has 0 bridgehead atoms. The number of Topliss-reactive ketones (excluding diaryl/α,β-unsaturated/α-hetero) is 1. The smallest absolute Gasteiger partial charge is 0.339 e. The Labute approximate surface area is 246 Å². The number of rotatable bonds is 6. The number of aryl methyl sites for hydroxylation is 2. The lowest BCUT2D eigenvalue weighted by Gasteiger charge is -2.15. The molecule has 0 saturated heterocycles. The Kier molecular flexibility index (Phi) is 6.88. The van der Waals surface area contributed by atoms with Crippen LogP contribution in [0.4, 0.5) is 5.69 Å². The van der Waals surface area contributed by atoms with Crippen LogP contribution in [0.15, 0.2) is 91.0 Å². The minimum atomic E-state index is -0.689. The number of hydrogen-bond donors (Lipinski definition) is 0. The molecule has 0 atom stereocenters. The molecule has 0 unspecified atom stereocenters. The van der Waals surface area contributed by atoms with Gasteiger partial charge in [-0.25, -0.2) is 14.7 Å². The number of amides is 2. The second kappa shape index (κ2) is 10.7. The summed E-state index contributed by atoms with van der Waals surface area (Å²) in [5.41, 5.74) is 5.46. The van der Waals surface area contributed by atoms with Gasteiger partial charge in [0.25, 0.3) is 11.8 Å². The summed E-state index contributed by atoms with van der Waals surface area (Å²) in [7, 11) is 0. The molecule has 2 heterocycles. The van der Waals surface area contributed by atoms with Crippen molar-refractivity contribution in [2.75, 3.05) is 11.5 Å². The number of ketones is 1. The first-order valence-electron chi connectivity index (χ1n) is 13.2. The van der Waals surface area contributed by atoms with Gasteiger partial charge >= 0.3 is 5.97 Å². The van der Waals surface area contributed by atoms with E-state index in [9.17, 15) is 19.2 Å². The number of benzene rings is 4. The van der Waals surface area contributed by atoms with Gasteiger partial charge in [0.05, 0.1) is 33.6 Å². The van der Waals surface area contributed by atoms with Crippen LogP contribution >= 0.6 is 11.6 Å². The quantitative estimate of drug-likeness (QED) is 0.123. The molecular weight excluding hydrogens is 552 g/mol. The van der Waals surface area contributed by atoms with Gasteiger partial charge in [-0.15, -0.1) is 0 Å². The molecule has 0 spiro atoms. The summed E-state index contributed by atoms with van der Waals surface area (Å²) in [5.74, 6) is -1.77. The Hall–Kier alpha value is -5.14. The number of aromatic nitrogens is 1. The molecule has 7 nitrogen and oxygen atoms in total. The van der Waals surface area contributed by atoms with E-state index in [-0.39, 0.29) is 23.2 Å². The highest BCUT2D eigenvalue weighted by Gasteiger charge is 2.36. The summed E-state index contributed by atoms with van der Waals surface area (Å²) in [5, 5.41) is 0.903. The van der Waals surface area contributed by atoms with Gasteiger partial charge in [0.15, 0.2) is 12.4 Å². The summed E-state index contributed by atoms with van der Waals surface area (Å²) in [6.45, 7) is 3.45. The van der Waals surface area contributed by atoms with Crippen molar-refractivity contribution in [3.63, 3.8) is 0 Å². The molecule has 1 aromatic heterocycles. The van der Waals surface area contributed by atoms with Gasteiger partial charge in [0.2, 0.25) is 0 Å². The Bertz CT molecular complexity index is 1910. The van der Waals surface area contributed by atoms with Crippen molar-refractivity contribution in [3.05, 3.63) is 129 Å². The van der Waals surface area contributed by atoms with Gasteiger partial charge in [-0.05, 0) is 79.6 Å². The molecule has 0 saturated carbocycles. The SMILES string of the molecule is Cc1ccc(C(=O)COC(=O)c2cc(-c3ccc(N4C(=O)c5ccccc5C4=O)cc3)nc3ccc(Cl)cc23)cc1C. The first-order valence-corrected chi connectivity index (χ1v) is 13.5. The fourth-order valence-electron chi connectivity index (χ4n) is 4.93. The highest BCUT2D eigenvalue weighted by molar-refractivity contribution is 6.34. The Balaban J connectivity index is 1.29. The monoisotopic (exact) mass is 574 g/mol. The molecule has 0 aliphatic carbocycles. The van der Waals surface area contributed by atoms with Crippen LogP contribution in [0.5, 0.6) is 0 Å². The number of imide groups is 1. The van der Waals surface area contributed by atoms with Crippen LogP contribution in [0.3, 0.4) is 0 Å². The minimum Gasteiger partial charge on any atom is -0.454 e. The van der Waals surface area contributed by atoms with E-state index in [2.05, 4.69) is 0 Å². The van der Waals surface area contributed by atoms with Crippen LogP contribution < -0.4 is 4.90 Å². The van der Waals surface area contributed by atoms with Gasteiger partial charge in [0.1, 0.15) is 0 Å². The highest BCUT2D eigenvalue weighted by Crippen LogP contribution is 2.32. The van der Waals surface area contributed by atoms with E-state index in [4.69, 9.17) is 21.3 Å². The van der Waals surface area contributed by atoms with E-state index in [0.29, 0.717) is 49.6 Å². The van der Waals surface area contributed by atoms with Crippen LogP contribution in [0, 0.1) is 13.8 Å². The molecule has 0 N–H and O–H groups in total. The van der Waals surface area contributed by atoms with Crippen molar-refractivity contribution in [2.45, 2.75) is 13.8 Å². The molecule has 0 fully saturated rings. The molecule has 4 aromatic carbocycles. The fourth-order valence-corrected chi connectivity index (χ4v) is 5.10. The summed E-state index contributed by atoms with van der Waals surface area (Å²) in [4.78, 5) is 57.7. The van der Waals surface area contributed by atoms with E-state index in [1.54, 1.807) is 84.9 Å². The topological polar surface area (TPSA) is 93.6 Å². The molecule has 6 rings (SSSR count). The van der Waals surface area contributed by atoms with Gasteiger partial charge in [-0.2, -0.15) is 0 Å². The number of fused-ring (bicyclic) bond motifs is 2. The van der Waals surface area contributed by atoms with Crippen LogP contribution in [0.1, 0.15) is 52.6 Å². The second-order valence-corrected chi connectivity index (χ2v) is 10.5. The van der Waals surface area contributed by atoms with E-state index in [1.807, 2.05) is 19.9 Å². The number of pyridine rings is 1. The standard InChI is InChI=1S/C34H23ClN2O5/c1-19-7-8-22(15-20(19)2)31(38)18-42-34(41)28-17-30(36-29-14-11-23(35)16-27(28)29)21-9-12-24(13-10-21)37-32(39)25-5-3-4-6-26(25)33(37)40/h3-17H,18H2,1-2H3. The van der Waals surface area contributed by atoms with Crippen molar-refractivity contribution in [2.24, 2.45) is 0 Å². The number of esters is 1. The van der Waals surface area contributed by atoms with Gasteiger partial charge in [-0.1, -0.05) is 48.0 Å². The lowest BCUT2D eigenvalue weighted by molar-refractivity contribution is 0.0476. The van der Waals surface area contributed by atoms with Crippen molar-refractivity contribution in [1.82, 2.24) is 4.98 Å². The molecular formula is C34H23ClN2O5. The molecule has 206 valence electrons. The normalized spacial score (nSPS) is 12.5. The third kappa shape index (κ3) is 4.84. The van der Waals surface area contributed by atoms with Crippen molar-refractivity contribution in [1.29, 1.82) is 0 Å². The zero-order valence-electron chi connectivity index (χ0n) is 22.7. The number of carbonyl (C=O) groups excluding carboxylic acids is 4. The van der Waals surface area contributed by atoms with E-state index < -0.39 is 12.6 Å². The second-order valence-electron chi connectivity index (χ2n) is 10.1. The Morgan fingerprint density at radius 1 is 0.810 bits per heavy atom. The van der Waals surface area contributed by atoms with Crippen molar-refractivity contribution < 1.29 is 23.9 Å². The number of carbonyl (C=O) groups is 4. The molecule has 1 aliphatic rings. The first kappa shape index (κ1) is 27.1. The summed E-state index contributed by atoms with van der Waals surface area (Å²) in [6, 6.07) is 25.4. The van der Waals surface area contributed by atoms with Crippen LogP contribution in [-0.4, -0.2) is 35.2 Å². The summed E-state index contributed by atoms with van der Waals surface area (Å²) in [6.07, 6.45) is 0. The van der Waals surface area contributed by atoms with Crippen LogP contribution in [0.25, 0.3) is 22.2 Å². The average molecular weight is 575 g/mol. The molecule has 0 radical (unpaired) electrons. The van der Waals surface area contributed by atoms with Crippen LogP contribution in [0.2, 0.25) is 5.02 Å². The van der Waals surface area contributed by atoms with Gasteiger partial charge in [-0.3, -0.25) is 14.4 Å². The Morgan fingerprint density at radius 2 is 1.50 bits per heavy atom. The number of hydrogen-bond acceptors (Lipinski definition) is 6. The van der Waals surface area contributed by atoms with Gasteiger partial charge in [0, 0.05) is 21.5 Å². The minimum absolute atomic E-state index is 0.204. The Morgan fingerprint density at radius 3 is 2.17 bits per heavy atom. The van der Waals surface area contributed by atoms with E-state index in [0.717, 1.165) is 16.0 Å². The molecule has 5 aromatic rings. The first-order chi connectivity index (χ1) is 20.2. The zero-order valence-corrected chi connectivity index (χ0v) is 23.4. The predicted octanol–water partition coefficient (Wildman–Crippen LogP) is 7.01. The predicted molar refractivity (Wildman–Crippen MR) is 160 cm³/mol. The molecule has 1 aliphatic heterocycles. The molecule has 8 heteroatoms. The maximum atomic E-state index is 13.3. The maximum Gasteiger partial charge on any atom is 0.339 e. The average Bonchev–Trinajstić information content (AvgIpc) is 3.26. The lowest BCUT2D eigenvalue weighted by Crippen LogP contribution is -2.29. The largest absolute Gasteiger partial charge is 0.454 e. The summed E-state index contributed by atoms with van der Waals surface area (Å²) < 4.78 is 5.45. The van der Waals surface area contributed by atoms with Crippen LogP contribution in [-0.2, 0) is 4.74 Å². The lowest BCUT2D eigenvalue weighted by atomic mass is 10.0. The molecule has 42 heavy (non-hydrogen) atoms. The molecule has 2 amide bonds. The van der Waals surface area contributed by atoms with Crippen molar-refractivity contribution in [3.8, 4) is 11.3 Å². The fraction of sp³-hybridized carbons (Fsp3) is 0.0882. The van der Waals surface area contributed by atoms with Crippen molar-refractivity contribution >= 4 is 51.8 Å².